The van der Waals surface area contributed by atoms with Gasteiger partial charge in [-0.2, -0.15) is 0 Å². The number of benzene rings is 1. The van der Waals surface area contributed by atoms with Crippen LogP contribution in [0, 0.1) is 5.82 Å². The Kier molecular flexibility index (Phi) is 4.62. The standard InChI is InChI=1S/C11H11BrFNO3/c1-6(15)14-10(5-11(16)17)7-2-3-8(12)9(13)4-7/h2-4,10H,5H2,1H3,(H,14,15)(H,16,17)/t10-/m0/s1. The smallest absolute Gasteiger partial charge is 0.305 e. The molecule has 92 valence electrons. The van der Waals surface area contributed by atoms with E-state index in [4.69, 9.17) is 5.11 Å². The quantitative estimate of drug-likeness (QED) is 0.896. The molecule has 1 atom stereocenters. The topological polar surface area (TPSA) is 66.4 Å². The fraction of sp³-hybridized carbons (Fsp3) is 0.273. The van der Waals surface area contributed by atoms with Crippen LogP contribution in [0.4, 0.5) is 4.39 Å². The molecule has 17 heavy (non-hydrogen) atoms. The van der Waals surface area contributed by atoms with Crippen LogP contribution in [-0.2, 0) is 9.59 Å². The van der Waals surface area contributed by atoms with E-state index in [2.05, 4.69) is 21.2 Å². The molecule has 0 unspecified atom stereocenters. The lowest BCUT2D eigenvalue weighted by molar-refractivity contribution is -0.137. The number of aliphatic carboxylic acids is 1. The van der Waals surface area contributed by atoms with Crippen LogP contribution in [0.1, 0.15) is 24.9 Å². The minimum atomic E-state index is -1.06. The number of carboxylic acid groups (broad SMARTS) is 1. The number of nitrogens with one attached hydrogen (secondary N) is 1. The third-order valence-corrected chi connectivity index (χ3v) is 2.75. The fourth-order valence-corrected chi connectivity index (χ4v) is 1.65. The van der Waals surface area contributed by atoms with Crippen LogP contribution < -0.4 is 5.32 Å². The number of carboxylic acids is 1. The van der Waals surface area contributed by atoms with Crippen molar-refractivity contribution in [3.8, 4) is 0 Å². The number of carbonyl (C=O) groups excluding carboxylic acids is 1. The second kappa shape index (κ2) is 5.77. The highest BCUT2D eigenvalue weighted by Crippen LogP contribution is 2.22. The lowest BCUT2D eigenvalue weighted by Gasteiger charge is -2.16. The van der Waals surface area contributed by atoms with Crippen molar-refractivity contribution in [2.75, 3.05) is 0 Å². The van der Waals surface area contributed by atoms with Crippen molar-refractivity contribution in [2.24, 2.45) is 0 Å². The zero-order chi connectivity index (χ0) is 13.0. The zero-order valence-corrected chi connectivity index (χ0v) is 10.6. The molecule has 1 aromatic rings. The largest absolute Gasteiger partial charge is 0.481 e. The van der Waals surface area contributed by atoms with Gasteiger partial charge in [-0.15, -0.1) is 0 Å². The number of halogens is 2. The van der Waals surface area contributed by atoms with Crippen LogP contribution in [-0.4, -0.2) is 17.0 Å². The number of hydrogen-bond donors (Lipinski definition) is 2. The van der Waals surface area contributed by atoms with E-state index in [9.17, 15) is 14.0 Å². The second-order valence-corrected chi connectivity index (χ2v) is 4.38. The molecule has 0 heterocycles. The van der Waals surface area contributed by atoms with Crippen LogP contribution in [0.5, 0.6) is 0 Å². The van der Waals surface area contributed by atoms with Crippen LogP contribution in [0.15, 0.2) is 22.7 Å². The third-order valence-electron chi connectivity index (χ3n) is 2.10. The van der Waals surface area contributed by atoms with E-state index in [1.165, 1.54) is 19.1 Å². The molecule has 0 saturated carbocycles. The zero-order valence-electron chi connectivity index (χ0n) is 9.04. The lowest BCUT2D eigenvalue weighted by Crippen LogP contribution is -2.28. The second-order valence-electron chi connectivity index (χ2n) is 3.52. The molecular weight excluding hydrogens is 293 g/mol. The normalized spacial score (nSPS) is 11.9. The molecular formula is C11H11BrFNO3. The summed E-state index contributed by atoms with van der Waals surface area (Å²) in [5, 5.41) is 11.2. The van der Waals surface area contributed by atoms with Gasteiger partial charge in [-0.05, 0) is 33.6 Å². The number of hydrogen-bond acceptors (Lipinski definition) is 2. The molecule has 0 bridgehead atoms. The van der Waals surface area contributed by atoms with E-state index in [-0.39, 0.29) is 16.8 Å². The molecule has 6 heteroatoms. The Morgan fingerprint density at radius 3 is 2.65 bits per heavy atom. The molecule has 4 nitrogen and oxygen atoms in total. The first-order valence-corrected chi connectivity index (χ1v) is 5.63. The van der Waals surface area contributed by atoms with E-state index in [0.717, 1.165) is 0 Å². The highest BCUT2D eigenvalue weighted by atomic mass is 79.9. The average Bonchev–Trinajstić information content (AvgIpc) is 2.19. The van der Waals surface area contributed by atoms with E-state index < -0.39 is 17.8 Å². The van der Waals surface area contributed by atoms with E-state index >= 15 is 0 Å². The highest BCUT2D eigenvalue weighted by molar-refractivity contribution is 9.10. The van der Waals surface area contributed by atoms with Crippen LogP contribution in [0.25, 0.3) is 0 Å². The lowest BCUT2D eigenvalue weighted by atomic mass is 10.0. The van der Waals surface area contributed by atoms with E-state index in [1.54, 1.807) is 6.07 Å². The summed E-state index contributed by atoms with van der Waals surface area (Å²) in [6.45, 7) is 1.28. The number of rotatable bonds is 4. The summed E-state index contributed by atoms with van der Waals surface area (Å²) < 4.78 is 13.6. The molecule has 0 aliphatic rings. The third kappa shape index (κ3) is 4.14. The minimum Gasteiger partial charge on any atom is -0.481 e. The molecule has 1 aromatic carbocycles. The van der Waals surface area contributed by atoms with Gasteiger partial charge < -0.3 is 10.4 Å². The van der Waals surface area contributed by atoms with Gasteiger partial charge in [0.1, 0.15) is 5.82 Å². The summed E-state index contributed by atoms with van der Waals surface area (Å²) in [7, 11) is 0. The first kappa shape index (κ1) is 13.6. The van der Waals surface area contributed by atoms with Crippen LogP contribution in [0.2, 0.25) is 0 Å². The summed E-state index contributed by atoms with van der Waals surface area (Å²) in [6.07, 6.45) is -0.291. The first-order chi connectivity index (χ1) is 7.90. The molecule has 0 spiro atoms. The minimum absolute atomic E-state index is 0.290. The monoisotopic (exact) mass is 303 g/mol. The first-order valence-electron chi connectivity index (χ1n) is 4.84. The van der Waals surface area contributed by atoms with E-state index in [1.807, 2.05) is 0 Å². The van der Waals surface area contributed by atoms with Gasteiger partial charge in [0.2, 0.25) is 5.91 Å². The van der Waals surface area contributed by atoms with Crippen molar-refractivity contribution in [3.05, 3.63) is 34.1 Å². The van der Waals surface area contributed by atoms with Gasteiger partial charge >= 0.3 is 5.97 Å². The predicted molar refractivity (Wildman–Crippen MR) is 62.9 cm³/mol. The maximum Gasteiger partial charge on any atom is 0.305 e. The molecule has 0 aromatic heterocycles. The van der Waals surface area contributed by atoms with Crippen LogP contribution >= 0.6 is 15.9 Å². The maximum atomic E-state index is 13.3. The van der Waals surface area contributed by atoms with Gasteiger partial charge in [-0.25, -0.2) is 4.39 Å². The summed E-state index contributed by atoms with van der Waals surface area (Å²) in [5.41, 5.74) is 0.420. The summed E-state index contributed by atoms with van der Waals surface area (Å²) in [6, 6.07) is 3.51. The van der Waals surface area contributed by atoms with Gasteiger partial charge in [-0.3, -0.25) is 9.59 Å². The Bertz CT molecular complexity index is 434. The SMILES string of the molecule is CC(=O)N[C@@H](CC(=O)O)c1ccc(Br)c(F)c1. The number of carbonyl (C=O) groups is 2. The van der Waals surface area contributed by atoms with Crippen molar-refractivity contribution in [2.45, 2.75) is 19.4 Å². The van der Waals surface area contributed by atoms with Gasteiger partial charge in [0.05, 0.1) is 16.9 Å². The summed E-state index contributed by atoms with van der Waals surface area (Å²) >= 11 is 3.00. The fourth-order valence-electron chi connectivity index (χ4n) is 1.40. The Hall–Kier alpha value is -1.43. The summed E-state index contributed by atoms with van der Waals surface area (Å²) in [5.74, 6) is -1.92. The molecule has 0 saturated heterocycles. The van der Waals surface area contributed by atoms with Crippen molar-refractivity contribution < 1.29 is 19.1 Å². The van der Waals surface area contributed by atoms with Gasteiger partial charge in [0, 0.05) is 6.92 Å². The Morgan fingerprint density at radius 2 is 2.18 bits per heavy atom. The molecule has 0 fully saturated rings. The Balaban J connectivity index is 2.98. The van der Waals surface area contributed by atoms with E-state index in [0.29, 0.717) is 5.56 Å². The summed E-state index contributed by atoms with van der Waals surface area (Å²) in [4.78, 5) is 21.6. The van der Waals surface area contributed by atoms with Gasteiger partial charge in [0.25, 0.3) is 0 Å². The van der Waals surface area contributed by atoms with Crippen molar-refractivity contribution in [1.29, 1.82) is 0 Å². The van der Waals surface area contributed by atoms with Crippen LogP contribution in [0.3, 0.4) is 0 Å². The molecule has 0 aliphatic heterocycles. The Morgan fingerprint density at radius 1 is 1.53 bits per heavy atom. The molecule has 1 amide bonds. The van der Waals surface area contributed by atoms with Gasteiger partial charge in [0.15, 0.2) is 0 Å². The van der Waals surface area contributed by atoms with Gasteiger partial charge in [-0.1, -0.05) is 6.07 Å². The number of amides is 1. The van der Waals surface area contributed by atoms with Crippen molar-refractivity contribution in [1.82, 2.24) is 5.32 Å². The molecule has 0 radical (unpaired) electrons. The molecule has 0 aliphatic carbocycles. The average molecular weight is 304 g/mol. The maximum absolute atomic E-state index is 13.3. The predicted octanol–water partition coefficient (Wildman–Crippen LogP) is 2.24. The highest BCUT2D eigenvalue weighted by Gasteiger charge is 2.17. The molecule has 2 N–H and O–H groups in total. The molecule has 1 rings (SSSR count). The Labute approximate surface area is 106 Å². The van der Waals surface area contributed by atoms with Crippen molar-refractivity contribution in [3.63, 3.8) is 0 Å². The van der Waals surface area contributed by atoms with Crippen molar-refractivity contribution >= 4 is 27.8 Å².